The van der Waals surface area contributed by atoms with E-state index in [-0.39, 0.29) is 24.8 Å². The average Bonchev–Trinajstić information content (AvgIpc) is 2.98. The Bertz CT molecular complexity index is 858. The zero-order chi connectivity index (χ0) is 19.2. The van der Waals surface area contributed by atoms with Crippen molar-refractivity contribution in [2.24, 2.45) is 5.92 Å². The fourth-order valence-corrected chi connectivity index (χ4v) is 3.55. The van der Waals surface area contributed by atoms with E-state index < -0.39 is 15.9 Å². The maximum atomic E-state index is 12.7. The minimum absolute atomic E-state index is 0.0667. The number of hydrogen-bond acceptors (Lipinski definition) is 5. The van der Waals surface area contributed by atoms with Crippen LogP contribution in [0.5, 0.6) is 0 Å². The highest BCUT2D eigenvalue weighted by atomic mass is 32.2. The third-order valence-corrected chi connectivity index (χ3v) is 4.85. The van der Waals surface area contributed by atoms with Crippen molar-refractivity contribution >= 4 is 27.8 Å². The molecule has 1 aromatic heterocycles. The molecule has 7 nitrogen and oxygen atoms in total. The molecule has 2 aromatic rings. The second kappa shape index (κ2) is 8.77. The van der Waals surface area contributed by atoms with Crippen LogP contribution in [-0.2, 0) is 14.8 Å². The summed E-state index contributed by atoms with van der Waals surface area (Å²) in [4.78, 5) is 12.2. The zero-order valence-corrected chi connectivity index (χ0v) is 15.9. The van der Waals surface area contributed by atoms with Gasteiger partial charge in [0, 0.05) is 18.0 Å². The van der Waals surface area contributed by atoms with Gasteiger partial charge in [0.2, 0.25) is 15.9 Å². The van der Waals surface area contributed by atoms with Gasteiger partial charge in [-0.1, -0.05) is 49.3 Å². The number of benzene rings is 1. The van der Waals surface area contributed by atoms with Crippen LogP contribution in [0.1, 0.15) is 25.2 Å². The fourth-order valence-electron chi connectivity index (χ4n) is 2.25. The molecular weight excluding hydrogens is 354 g/mol. The first-order chi connectivity index (χ1) is 12.3. The fraction of sp³-hybridized carbons (Fsp3) is 0.333. The summed E-state index contributed by atoms with van der Waals surface area (Å²) < 4.78 is 31.3. The number of aromatic nitrogens is 1. The number of anilines is 1. The van der Waals surface area contributed by atoms with Gasteiger partial charge in [-0.25, -0.2) is 8.42 Å². The van der Waals surface area contributed by atoms with E-state index in [1.54, 1.807) is 25.1 Å². The van der Waals surface area contributed by atoms with Crippen molar-refractivity contribution in [1.29, 1.82) is 0 Å². The van der Waals surface area contributed by atoms with E-state index in [2.05, 4.69) is 10.5 Å². The summed E-state index contributed by atoms with van der Waals surface area (Å²) in [6, 6.07) is 10.7. The normalized spacial score (nSPS) is 12.2. The minimum Gasteiger partial charge on any atom is -0.360 e. The second-order valence-corrected chi connectivity index (χ2v) is 8.13. The van der Waals surface area contributed by atoms with Gasteiger partial charge in [-0.3, -0.25) is 4.79 Å². The highest BCUT2D eigenvalue weighted by molar-refractivity contribution is 7.92. The van der Waals surface area contributed by atoms with Crippen LogP contribution >= 0.6 is 0 Å². The molecule has 1 aromatic carbocycles. The number of sulfonamides is 1. The summed E-state index contributed by atoms with van der Waals surface area (Å²) in [6.45, 7) is 5.41. The molecule has 0 aliphatic rings. The quantitative estimate of drug-likeness (QED) is 0.764. The van der Waals surface area contributed by atoms with Crippen molar-refractivity contribution in [3.8, 4) is 0 Å². The summed E-state index contributed by atoms with van der Waals surface area (Å²) in [5.41, 5.74) is 0.767. The van der Waals surface area contributed by atoms with Gasteiger partial charge in [-0.15, -0.1) is 0 Å². The Hall–Kier alpha value is -2.45. The third-order valence-electron chi connectivity index (χ3n) is 3.38. The lowest BCUT2D eigenvalue weighted by molar-refractivity contribution is -0.116. The summed E-state index contributed by atoms with van der Waals surface area (Å²) >= 11 is 0. The Balaban J connectivity index is 2.11. The highest BCUT2D eigenvalue weighted by Crippen LogP contribution is 2.12. The standard InChI is InChI=1S/C18H23N3O4S/c1-14(2)12-21(13-18(22)19-17-11-15(3)25-20-17)26(23,24)10-9-16-7-5-4-6-8-16/h4-11,14H,12-13H2,1-3H3,(H,19,20,22). The number of carbonyl (C=O) groups excluding carboxylic acids is 1. The van der Waals surface area contributed by atoms with E-state index in [0.717, 1.165) is 15.3 Å². The summed E-state index contributed by atoms with van der Waals surface area (Å²) in [7, 11) is -3.75. The van der Waals surface area contributed by atoms with Gasteiger partial charge < -0.3 is 9.84 Å². The van der Waals surface area contributed by atoms with Gasteiger partial charge in [-0.05, 0) is 24.5 Å². The summed E-state index contributed by atoms with van der Waals surface area (Å²) in [6.07, 6.45) is 1.52. The molecule has 0 aliphatic heterocycles. The smallest absolute Gasteiger partial charge is 0.240 e. The lowest BCUT2D eigenvalue weighted by Crippen LogP contribution is -2.39. The third kappa shape index (κ3) is 6.12. The van der Waals surface area contributed by atoms with Crippen LogP contribution in [0.25, 0.3) is 6.08 Å². The van der Waals surface area contributed by atoms with E-state index in [1.807, 2.05) is 32.0 Å². The first-order valence-electron chi connectivity index (χ1n) is 8.23. The number of aryl methyl sites for hydroxylation is 1. The Kier molecular flexibility index (Phi) is 6.70. The average molecular weight is 377 g/mol. The van der Waals surface area contributed by atoms with Crippen LogP contribution in [-0.4, -0.2) is 36.9 Å². The molecule has 0 bridgehead atoms. The van der Waals surface area contributed by atoms with Crippen LogP contribution in [0.4, 0.5) is 5.82 Å². The van der Waals surface area contributed by atoms with Gasteiger partial charge in [0.25, 0.3) is 0 Å². The maximum absolute atomic E-state index is 12.7. The molecule has 0 radical (unpaired) electrons. The van der Waals surface area contributed by atoms with Gasteiger partial charge in [0.05, 0.1) is 6.54 Å². The van der Waals surface area contributed by atoms with Crippen molar-refractivity contribution in [1.82, 2.24) is 9.46 Å². The van der Waals surface area contributed by atoms with Crippen molar-refractivity contribution < 1.29 is 17.7 Å². The van der Waals surface area contributed by atoms with Gasteiger partial charge in [-0.2, -0.15) is 4.31 Å². The summed E-state index contributed by atoms with van der Waals surface area (Å²) in [5, 5.41) is 7.33. The van der Waals surface area contributed by atoms with E-state index >= 15 is 0 Å². The van der Waals surface area contributed by atoms with Gasteiger partial charge >= 0.3 is 0 Å². The Morgan fingerprint density at radius 2 is 2.00 bits per heavy atom. The first-order valence-corrected chi connectivity index (χ1v) is 9.73. The van der Waals surface area contributed by atoms with Crippen LogP contribution < -0.4 is 5.32 Å². The molecule has 1 amide bonds. The van der Waals surface area contributed by atoms with E-state index in [9.17, 15) is 13.2 Å². The van der Waals surface area contributed by atoms with E-state index in [1.165, 1.54) is 6.08 Å². The number of nitrogens with zero attached hydrogens (tertiary/aromatic N) is 2. The molecule has 2 rings (SSSR count). The lowest BCUT2D eigenvalue weighted by atomic mass is 10.2. The molecule has 0 unspecified atom stereocenters. The van der Waals surface area contributed by atoms with Crippen molar-refractivity contribution in [2.45, 2.75) is 20.8 Å². The molecule has 1 N–H and O–H groups in total. The second-order valence-electron chi connectivity index (χ2n) is 6.32. The Morgan fingerprint density at radius 1 is 1.31 bits per heavy atom. The number of carbonyl (C=O) groups is 1. The zero-order valence-electron chi connectivity index (χ0n) is 15.0. The van der Waals surface area contributed by atoms with Crippen molar-refractivity contribution in [3.63, 3.8) is 0 Å². The maximum Gasteiger partial charge on any atom is 0.240 e. The predicted octanol–water partition coefficient (Wildman–Crippen LogP) is 2.88. The molecule has 1 heterocycles. The number of nitrogens with one attached hydrogen (secondary N) is 1. The van der Waals surface area contributed by atoms with Gasteiger partial charge in [0.15, 0.2) is 5.82 Å². The molecule has 8 heteroatoms. The SMILES string of the molecule is Cc1cc(NC(=O)CN(CC(C)C)S(=O)(=O)C=Cc2ccccc2)no1. The molecule has 0 aliphatic carbocycles. The van der Waals surface area contributed by atoms with E-state index in [4.69, 9.17) is 4.52 Å². The molecule has 0 fully saturated rings. The molecule has 0 saturated carbocycles. The number of hydrogen-bond donors (Lipinski definition) is 1. The van der Waals surface area contributed by atoms with Crippen LogP contribution in [0.3, 0.4) is 0 Å². The number of rotatable bonds is 8. The van der Waals surface area contributed by atoms with E-state index in [0.29, 0.717) is 5.76 Å². The Morgan fingerprint density at radius 3 is 2.58 bits per heavy atom. The van der Waals surface area contributed by atoms with Crippen molar-refractivity contribution in [2.75, 3.05) is 18.4 Å². The topological polar surface area (TPSA) is 92.5 Å². The Labute approximate surface area is 153 Å². The van der Waals surface area contributed by atoms with Crippen molar-refractivity contribution in [3.05, 3.63) is 53.1 Å². The largest absolute Gasteiger partial charge is 0.360 e. The molecule has 140 valence electrons. The monoisotopic (exact) mass is 377 g/mol. The molecular formula is C18H23N3O4S. The first kappa shape index (κ1) is 19.9. The lowest BCUT2D eigenvalue weighted by Gasteiger charge is -2.21. The molecule has 0 spiro atoms. The van der Waals surface area contributed by atoms with Crippen LogP contribution in [0.15, 0.2) is 46.3 Å². The highest BCUT2D eigenvalue weighted by Gasteiger charge is 2.23. The molecule has 26 heavy (non-hydrogen) atoms. The predicted molar refractivity (Wildman–Crippen MR) is 101 cm³/mol. The van der Waals surface area contributed by atoms with Gasteiger partial charge in [0.1, 0.15) is 5.76 Å². The number of amides is 1. The molecule has 0 atom stereocenters. The van der Waals surface area contributed by atoms with Crippen LogP contribution in [0.2, 0.25) is 0 Å². The minimum atomic E-state index is -3.75. The summed E-state index contributed by atoms with van der Waals surface area (Å²) in [5.74, 6) is 0.402. The van der Waals surface area contributed by atoms with Crippen LogP contribution in [0, 0.1) is 12.8 Å². The molecule has 0 saturated heterocycles.